The molecule has 0 saturated heterocycles. The minimum Gasteiger partial charge on any atom is -0.352 e. The van der Waals surface area contributed by atoms with Crippen molar-refractivity contribution in [1.82, 2.24) is 5.32 Å². The van der Waals surface area contributed by atoms with Gasteiger partial charge in [-0.1, -0.05) is 18.8 Å². The molecule has 0 spiro atoms. The van der Waals surface area contributed by atoms with Crippen molar-refractivity contribution in [2.45, 2.75) is 18.6 Å². The Morgan fingerprint density at radius 2 is 2.30 bits per heavy atom. The van der Waals surface area contributed by atoms with Crippen LogP contribution in [0.4, 0.5) is 4.39 Å². The van der Waals surface area contributed by atoms with Crippen LogP contribution < -0.4 is 11.1 Å². The van der Waals surface area contributed by atoms with Crippen molar-refractivity contribution in [2.24, 2.45) is 5.73 Å². The Labute approximate surface area is 123 Å². The molecule has 3 N–H and O–H groups in total. The van der Waals surface area contributed by atoms with Gasteiger partial charge in [0.2, 0.25) is 0 Å². The van der Waals surface area contributed by atoms with Crippen molar-refractivity contribution in [2.75, 3.05) is 19.3 Å². The Hall–Kier alpha value is -1.51. The lowest BCUT2D eigenvalue weighted by Gasteiger charge is -2.10. The number of rotatable bonds is 5. The van der Waals surface area contributed by atoms with E-state index in [1.165, 1.54) is 18.2 Å². The maximum atomic E-state index is 13.3. The molecule has 0 aliphatic heterocycles. The van der Waals surface area contributed by atoms with E-state index >= 15 is 0 Å². The van der Waals surface area contributed by atoms with Crippen LogP contribution in [0.3, 0.4) is 0 Å². The number of benzene rings is 1. The molecule has 0 aliphatic rings. The zero-order chi connectivity index (χ0) is 15.0. The summed E-state index contributed by atoms with van der Waals surface area (Å²) in [5.74, 6) is 4.70. The molecule has 20 heavy (non-hydrogen) atoms. The summed E-state index contributed by atoms with van der Waals surface area (Å²) in [7, 11) is 0. The first-order valence-corrected chi connectivity index (χ1v) is 7.66. The Morgan fingerprint density at radius 1 is 1.55 bits per heavy atom. The predicted octanol–water partition coefficient (Wildman–Crippen LogP) is 2.01. The topological polar surface area (TPSA) is 55.1 Å². The Balaban J connectivity index is 2.78. The van der Waals surface area contributed by atoms with E-state index < -0.39 is 5.82 Å². The summed E-state index contributed by atoms with van der Waals surface area (Å²) in [6.45, 7) is 2.85. The van der Waals surface area contributed by atoms with E-state index in [0.29, 0.717) is 17.4 Å². The fourth-order valence-corrected chi connectivity index (χ4v) is 1.92. The van der Waals surface area contributed by atoms with Crippen LogP contribution in [-0.4, -0.2) is 30.5 Å². The molecular weight excluding hydrogens is 275 g/mol. The van der Waals surface area contributed by atoms with E-state index in [-0.39, 0.29) is 18.0 Å². The molecule has 0 fully saturated rings. The van der Waals surface area contributed by atoms with Crippen molar-refractivity contribution in [1.29, 1.82) is 0 Å². The molecule has 0 bridgehead atoms. The Kier molecular flexibility index (Phi) is 7.13. The van der Waals surface area contributed by atoms with E-state index in [2.05, 4.69) is 24.1 Å². The van der Waals surface area contributed by atoms with Crippen molar-refractivity contribution < 1.29 is 9.18 Å². The second-order valence-electron chi connectivity index (χ2n) is 4.29. The highest BCUT2D eigenvalue weighted by molar-refractivity contribution is 7.99. The summed E-state index contributed by atoms with van der Waals surface area (Å²) in [6.07, 6.45) is 2.89. The van der Waals surface area contributed by atoms with Gasteiger partial charge in [-0.3, -0.25) is 4.79 Å². The molecule has 1 atom stereocenters. The number of thioether (sulfide) groups is 1. The molecule has 0 radical (unpaired) electrons. The van der Waals surface area contributed by atoms with Gasteiger partial charge in [0.1, 0.15) is 5.82 Å². The van der Waals surface area contributed by atoms with Crippen molar-refractivity contribution >= 4 is 17.7 Å². The van der Waals surface area contributed by atoms with Crippen LogP contribution in [0.25, 0.3) is 0 Å². The lowest BCUT2D eigenvalue weighted by Crippen LogP contribution is -2.26. The number of carbonyl (C=O) groups is 1. The molecule has 1 rings (SSSR count). The van der Waals surface area contributed by atoms with Crippen LogP contribution in [0.2, 0.25) is 0 Å². The molecule has 108 valence electrons. The molecule has 5 heteroatoms. The number of nitrogens with two attached hydrogens (primary N) is 1. The van der Waals surface area contributed by atoms with Gasteiger partial charge in [0.15, 0.2) is 0 Å². The average molecular weight is 294 g/mol. The molecule has 0 heterocycles. The summed E-state index contributed by atoms with van der Waals surface area (Å²) >= 11 is 1.74. The second-order valence-corrected chi connectivity index (χ2v) is 5.56. The van der Waals surface area contributed by atoms with Crippen LogP contribution in [0.15, 0.2) is 18.2 Å². The molecule has 0 aliphatic carbocycles. The molecular formula is C15H19FN2OS. The van der Waals surface area contributed by atoms with Crippen LogP contribution >= 0.6 is 11.8 Å². The summed E-state index contributed by atoms with van der Waals surface area (Å²) in [4.78, 5) is 12.1. The minimum atomic E-state index is -0.453. The molecule has 1 aromatic rings. The normalized spacial score (nSPS) is 11.4. The Morgan fingerprint density at radius 3 is 2.95 bits per heavy atom. The zero-order valence-corrected chi connectivity index (χ0v) is 12.5. The van der Waals surface area contributed by atoms with Gasteiger partial charge in [0.25, 0.3) is 5.91 Å². The van der Waals surface area contributed by atoms with Gasteiger partial charge in [-0.2, -0.15) is 11.8 Å². The Bertz CT molecular complexity index is 522. The zero-order valence-electron chi connectivity index (χ0n) is 11.7. The summed E-state index contributed by atoms with van der Waals surface area (Å²) in [5, 5.41) is 3.26. The maximum absolute atomic E-state index is 13.3. The van der Waals surface area contributed by atoms with Crippen LogP contribution in [0.5, 0.6) is 0 Å². The fourth-order valence-electron chi connectivity index (χ4n) is 1.56. The van der Waals surface area contributed by atoms with E-state index in [0.717, 1.165) is 6.42 Å². The number of halogens is 1. The van der Waals surface area contributed by atoms with Gasteiger partial charge >= 0.3 is 0 Å². The van der Waals surface area contributed by atoms with Gasteiger partial charge < -0.3 is 11.1 Å². The van der Waals surface area contributed by atoms with E-state index in [1.807, 2.05) is 6.26 Å². The van der Waals surface area contributed by atoms with Crippen LogP contribution in [-0.2, 0) is 0 Å². The molecule has 1 aromatic carbocycles. The first kappa shape index (κ1) is 16.5. The maximum Gasteiger partial charge on any atom is 0.252 e. The third-order valence-electron chi connectivity index (χ3n) is 2.79. The number of carbonyl (C=O) groups excluding carboxylic acids is 1. The van der Waals surface area contributed by atoms with Gasteiger partial charge in [0, 0.05) is 17.4 Å². The number of hydrogen-bond donors (Lipinski definition) is 2. The highest BCUT2D eigenvalue weighted by atomic mass is 32.2. The second kappa shape index (κ2) is 8.62. The largest absolute Gasteiger partial charge is 0.352 e. The number of nitrogens with one attached hydrogen (secondary N) is 1. The summed E-state index contributed by atoms with van der Waals surface area (Å²) in [5.41, 5.74) is 6.06. The van der Waals surface area contributed by atoms with Crippen molar-refractivity contribution in [3.8, 4) is 11.8 Å². The molecule has 0 saturated carbocycles. The van der Waals surface area contributed by atoms with Crippen LogP contribution in [0.1, 0.15) is 29.3 Å². The SMILES string of the molecule is CSC(C)CCNC(=O)c1cc(F)ccc1C#CCN. The van der Waals surface area contributed by atoms with E-state index in [9.17, 15) is 9.18 Å². The predicted molar refractivity (Wildman–Crippen MR) is 82.3 cm³/mol. The first-order valence-electron chi connectivity index (χ1n) is 6.38. The quantitative estimate of drug-likeness (QED) is 0.817. The average Bonchev–Trinajstić information content (AvgIpc) is 2.45. The van der Waals surface area contributed by atoms with Crippen molar-refractivity contribution in [3.63, 3.8) is 0 Å². The van der Waals surface area contributed by atoms with Gasteiger partial charge in [0.05, 0.1) is 12.1 Å². The van der Waals surface area contributed by atoms with Crippen molar-refractivity contribution in [3.05, 3.63) is 35.1 Å². The lowest BCUT2D eigenvalue weighted by molar-refractivity contribution is 0.0952. The summed E-state index contributed by atoms with van der Waals surface area (Å²) < 4.78 is 13.3. The fraction of sp³-hybridized carbons (Fsp3) is 0.400. The monoisotopic (exact) mass is 294 g/mol. The van der Waals surface area contributed by atoms with Crippen LogP contribution in [0, 0.1) is 17.7 Å². The minimum absolute atomic E-state index is 0.198. The van der Waals surface area contributed by atoms with E-state index in [1.54, 1.807) is 11.8 Å². The molecule has 1 amide bonds. The smallest absolute Gasteiger partial charge is 0.252 e. The standard InChI is InChI=1S/C15H19FN2OS/c1-11(20-2)7-9-18-15(19)14-10-13(16)6-5-12(14)4-3-8-17/h5-6,10-11H,7-9,17H2,1-2H3,(H,18,19). The highest BCUT2D eigenvalue weighted by Crippen LogP contribution is 2.11. The molecule has 0 aromatic heterocycles. The molecule has 1 unspecified atom stereocenters. The first-order chi connectivity index (χ1) is 9.58. The molecule has 3 nitrogen and oxygen atoms in total. The van der Waals surface area contributed by atoms with E-state index in [4.69, 9.17) is 5.73 Å². The van der Waals surface area contributed by atoms with Gasteiger partial charge in [-0.15, -0.1) is 0 Å². The lowest BCUT2D eigenvalue weighted by atomic mass is 10.1. The third-order valence-corrected chi connectivity index (χ3v) is 3.83. The van der Waals surface area contributed by atoms with Gasteiger partial charge in [-0.25, -0.2) is 4.39 Å². The number of amides is 1. The van der Waals surface area contributed by atoms with Gasteiger partial charge in [-0.05, 0) is 30.9 Å². The highest BCUT2D eigenvalue weighted by Gasteiger charge is 2.11. The summed E-state index contributed by atoms with van der Waals surface area (Å²) in [6, 6.07) is 3.98. The third kappa shape index (κ3) is 5.24. The number of hydrogen-bond acceptors (Lipinski definition) is 3.